The Labute approximate surface area is 98.6 Å². The fraction of sp³-hybridized carbons (Fsp3) is 0.286. The Balaban J connectivity index is 1.97. The van der Waals surface area contributed by atoms with Gasteiger partial charge < -0.3 is 4.43 Å². The minimum Gasteiger partial charge on any atom is -0.412 e. The van der Waals surface area contributed by atoms with Gasteiger partial charge in [0.2, 0.25) is 8.32 Å². The van der Waals surface area contributed by atoms with Crippen LogP contribution in [0.15, 0.2) is 54.6 Å². The number of rotatable bonds is 4. The largest absolute Gasteiger partial charge is 0.412 e. The van der Waals surface area contributed by atoms with Crippen LogP contribution in [0.2, 0.25) is 13.1 Å². The molecule has 16 heavy (non-hydrogen) atoms. The van der Waals surface area contributed by atoms with Crippen molar-refractivity contribution in [3.05, 3.63) is 54.6 Å². The van der Waals surface area contributed by atoms with Gasteiger partial charge in [0.25, 0.3) is 0 Å². The average molecular weight is 230 g/mol. The van der Waals surface area contributed by atoms with E-state index in [-0.39, 0.29) is 0 Å². The van der Waals surface area contributed by atoms with E-state index in [1.165, 1.54) is 5.19 Å². The lowest BCUT2D eigenvalue weighted by molar-refractivity contribution is 0.295. The Morgan fingerprint density at radius 1 is 1.06 bits per heavy atom. The van der Waals surface area contributed by atoms with Crippen molar-refractivity contribution in [1.29, 1.82) is 0 Å². The van der Waals surface area contributed by atoms with Gasteiger partial charge in [-0.05, 0) is 18.3 Å². The van der Waals surface area contributed by atoms with Crippen LogP contribution in [-0.2, 0) is 4.43 Å². The maximum absolute atomic E-state index is 6.14. The zero-order valence-electron chi connectivity index (χ0n) is 9.89. The highest BCUT2D eigenvalue weighted by atomic mass is 28.4. The molecule has 0 radical (unpaired) electrons. The van der Waals surface area contributed by atoms with Crippen LogP contribution in [0.4, 0.5) is 0 Å². The molecule has 1 aliphatic rings. The van der Waals surface area contributed by atoms with Crippen molar-refractivity contribution in [1.82, 2.24) is 0 Å². The Hall–Kier alpha value is -1.12. The van der Waals surface area contributed by atoms with Crippen LogP contribution < -0.4 is 5.19 Å². The molecule has 0 saturated heterocycles. The fourth-order valence-corrected chi connectivity index (χ4v) is 3.59. The maximum Gasteiger partial charge on any atom is 0.218 e. The van der Waals surface area contributed by atoms with Crippen LogP contribution in [0, 0.1) is 5.92 Å². The summed E-state index contributed by atoms with van der Waals surface area (Å²) in [5.41, 5.74) is 0. The van der Waals surface area contributed by atoms with E-state index in [1.54, 1.807) is 0 Å². The molecule has 2 heteroatoms. The highest BCUT2D eigenvalue weighted by molar-refractivity contribution is 6.84. The van der Waals surface area contributed by atoms with Gasteiger partial charge in [0, 0.05) is 12.5 Å². The molecule has 0 bridgehead atoms. The quantitative estimate of drug-likeness (QED) is 0.723. The molecular weight excluding hydrogens is 212 g/mol. The monoisotopic (exact) mass is 230 g/mol. The van der Waals surface area contributed by atoms with Crippen LogP contribution >= 0.6 is 0 Å². The van der Waals surface area contributed by atoms with Crippen LogP contribution in [0.25, 0.3) is 0 Å². The summed E-state index contributed by atoms with van der Waals surface area (Å²) in [5, 5.41) is 1.36. The van der Waals surface area contributed by atoms with Gasteiger partial charge in [-0.1, -0.05) is 54.6 Å². The average Bonchev–Trinajstić information content (AvgIpc) is 2.81. The summed E-state index contributed by atoms with van der Waals surface area (Å²) in [4.78, 5) is 0. The lowest BCUT2D eigenvalue weighted by Crippen LogP contribution is -2.45. The first-order valence-corrected chi connectivity index (χ1v) is 8.64. The summed E-state index contributed by atoms with van der Waals surface area (Å²) in [5.74, 6) is 0.468. The summed E-state index contributed by atoms with van der Waals surface area (Å²) in [6.07, 6.45) is 8.56. The van der Waals surface area contributed by atoms with Gasteiger partial charge in [-0.15, -0.1) is 0 Å². The van der Waals surface area contributed by atoms with Gasteiger partial charge in [-0.2, -0.15) is 0 Å². The molecular formula is C14H18OSi. The van der Waals surface area contributed by atoms with E-state index in [9.17, 15) is 0 Å². The van der Waals surface area contributed by atoms with Gasteiger partial charge in [-0.3, -0.25) is 0 Å². The molecule has 0 N–H and O–H groups in total. The molecule has 1 aromatic carbocycles. The Morgan fingerprint density at radius 3 is 2.31 bits per heavy atom. The second-order valence-electron chi connectivity index (χ2n) is 4.62. The first kappa shape index (κ1) is 11.4. The molecule has 1 nitrogen and oxygen atoms in total. The molecule has 0 fully saturated rings. The minimum absolute atomic E-state index is 0.468. The molecule has 84 valence electrons. The number of benzene rings is 1. The van der Waals surface area contributed by atoms with E-state index in [2.05, 4.69) is 67.7 Å². The third-order valence-electron chi connectivity index (χ3n) is 2.93. The molecule has 0 saturated carbocycles. The standard InChI is InChI=1S/C14H18OSi/c1-16(2,14-10-4-3-5-11-14)15-12-13-8-6-7-9-13/h3-11,13H,12H2,1-2H3. The molecule has 0 spiro atoms. The van der Waals surface area contributed by atoms with Gasteiger partial charge in [-0.25, -0.2) is 0 Å². The van der Waals surface area contributed by atoms with Crippen molar-refractivity contribution in [2.24, 2.45) is 5.92 Å². The van der Waals surface area contributed by atoms with Gasteiger partial charge in [0.1, 0.15) is 0 Å². The molecule has 0 heterocycles. The summed E-state index contributed by atoms with van der Waals surface area (Å²) in [6.45, 7) is 5.32. The summed E-state index contributed by atoms with van der Waals surface area (Å²) < 4.78 is 6.14. The molecule has 0 aromatic heterocycles. The van der Waals surface area contributed by atoms with Gasteiger partial charge in [0.05, 0.1) is 0 Å². The lowest BCUT2D eigenvalue weighted by atomic mass is 10.2. The summed E-state index contributed by atoms with van der Waals surface area (Å²) in [6, 6.07) is 10.6. The van der Waals surface area contributed by atoms with E-state index in [0.29, 0.717) is 5.92 Å². The van der Waals surface area contributed by atoms with E-state index in [4.69, 9.17) is 4.43 Å². The van der Waals surface area contributed by atoms with E-state index in [0.717, 1.165) is 6.61 Å². The van der Waals surface area contributed by atoms with Crippen molar-refractivity contribution >= 4 is 13.5 Å². The molecule has 2 rings (SSSR count). The highest BCUT2D eigenvalue weighted by Crippen LogP contribution is 2.13. The number of hydrogen-bond acceptors (Lipinski definition) is 1. The molecule has 0 atom stereocenters. The van der Waals surface area contributed by atoms with Crippen molar-refractivity contribution in [2.45, 2.75) is 13.1 Å². The van der Waals surface area contributed by atoms with Gasteiger partial charge >= 0.3 is 0 Å². The predicted molar refractivity (Wildman–Crippen MR) is 71.3 cm³/mol. The van der Waals surface area contributed by atoms with E-state index >= 15 is 0 Å². The molecule has 0 unspecified atom stereocenters. The molecule has 1 aromatic rings. The van der Waals surface area contributed by atoms with E-state index < -0.39 is 8.32 Å². The topological polar surface area (TPSA) is 9.23 Å². The van der Waals surface area contributed by atoms with E-state index in [1.807, 2.05) is 0 Å². The molecule has 0 aliphatic heterocycles. The van der Waals surface area contributed by atoms with Crippen LogP contribution in [0.5, 0.6) is 0 Å². The van der Waals surface area contributed by atoms with Crippen molar-refractivity contribution in [3.63, 3.8) is 0 Å². The lowest BCUT2D eigenvalue weighted by Gasteiger charge is -2.24. The Kier molecular flexibility index (Phi) is 3.41. The molecule has 0 amide bonds. The van der Waals surface area contributed by atoms with Crippen molar-refractivity contribution < 1.29 is 4.43 Å². The number of allylic oxidation sites excluding steroid dienone is 2. The Morgan fingerprint density at radius 2 is 1.69 bits per heavy atom. The Bertz CT molecular complexity index is 380. The van der Waals surface area contributed by atoms with Gasteiger partial charge in [0.15, 0.2) is 0 Å². The SMILES string of the molecule is C[Si](C)(OCC1C=CC=C1)c1ccccc1. The second-order valence-corrected chi connectivity index (χ2v) is 8.51. The zero-order valence-corrected chi connectivity index (χ0v) is 10.9. The smallest absolute Gasteiger partial charge is 0.218 e. The third-order valence-corrected chi connectivity index (χ3v) is 5.55. The zero-order chi connectivity index (χ0) is 11.4. The highest BCUT2D eigenvalue weighted by Gasteiger charge is 2.25. The van der Waals surface area contributed by atoms with Crippen LogP contribution in [0.1, 0.15) is 0 Å². The summed E-state index contributed by atoms with van der Waals surface area (Å²) in [7, 11) is -1.71. The van der Waals surface area contributed by atoms with Crippen molar-refractivity contribution in [2.75, 3.05) is 6.61 Å². The first-order chi connectivity index (χ1) is 7.68. The maximum atomic E-state index is 6.14. The molecule has 1 aliphatic carbocycles. The second kappa shape index (κ2) is 4.81. The van der Waals surface area contributed by atoms with Crippen LogP contribution in [0.3, 0.4) is 0 Å². The normalized spacial score (nSPS) is 15.9. The predicted octanol–water partition coefficient (Wildman–Crippen LogP) is 2.86. The number of hydrogen-bond donors (Lipinski definition) is 0. The first-order valence-electron chi connectivity index (χ1n) is 5.73. The van der Waals surface area contributed by atoms with Crippen LogP contribution in [-0.4, -0.2) is 14.9 Å². The summed E-state index contributed by atoms with van der Waals surface area (Å²) >= 11 is 0. The third kappa shape index (κ3) is 2.71. The van der Waals surface area contributed by atoms with Crippen molar-refractivity contribution in [3.8, 4) is 0 Å². The fourth-order valence-electron chi connectivity index (χ4n) is 1.82. The minimum atomic E-state index is -1.71.